The second-order valence-corrected chi connectivity index (χ2v) is 10.1. The molecule has 1 saturated heterocycles. The summed E-state index contributed by atoms with van der Waals surface area (Å²) in [6.07, 6.45) is 2.38. The van der Waals surface area contributed by atoms with Crippen molar-refractivity contribution in [2.75, 3.05) is 46.7 Å². The third-order valence-electron chi connectivity index (χ3n) is 7.03. The number of aromatic nitrogens is 2. The Morgan fingerprint density at radius 3 is 2.67 bits per heavy atom. The molecule has 0 bridgehead atoms. The molecule has 11 nitrogen and oxygen atoms in total. The molecule has 3 aromatic rings. The zero-order valence-corrected chi connectivity index (χ0v) is 24.8. The summed E-state index contributed by atoms with van der Waals surface area (Å²) in [6, 6.07) is 7.41. The number of methoxy groups -OCH3 is 2. The molecular weight excluding hydrogens is 567 g/mol. The number of aryl methyl sites for hydroxylation is 1. The molecule has 2 amide bonds. The lowest BCUT2D eigenvalue weighted by Crippen LogP contribution is -2.53. The Morgan fingerprint density at radius 1 is 1.19 bits per heavy atom. The second-order valence-electron chi connectivity index (χ2n) is 9.73. The first-order chi connectivity index (χ1) is 20.2. The van der Waals surface area contributed by atoms with E-state index in [9.17, 15) is 9.59 Å². The first-order valence-electron chi connectivity index (χ1n) is 13.4. The normalized spacial score (nSPS) is 16.9. The van der Waals surface area contributed by atoms with Crippen LogP contribution in [0.15, 0.2) is 36.5 Å². The molecule has 3 N–H and O–H groups in total. The fourth-order valence-electron chi connectivity index (χ4n) is 4.76. The zero-order chi connectivity index (χ0) is 30.4. The molecule has 0 spiro atoms. The minimum absolute atomic E-state index is 0.0196. The molecule has 0 radical (unpaired) electrons. The van der Waals surface area contributed by atoms with E-state index in [0.717, 1.165) is 18.2 Å². The van der Waals surface area contributed by atoms with Gasteiger partial charge in [0.25, 0.3) is 11.8 Å². The van der Waals surface area contributed by atoms with E-state index in [0.29, 0.717) is 24.9 Å². The van der Waals surface area contributed by atoms with Gasteiger partial charge in [-0.1, -0.05) is 30.7 Å². The fourth-order valence-corrected chi connectivity index (χ4v) is 4.89. The molecule has 1 aliphatic rings. The van der Waals surface area contributed by atoms with E-state index in [4.69, 9.17) is 25.8 Å². The average molecular weight is 601 g/mol. The highest BCUT2D eigenvalue weighted by molar-refractivity contribution is 6.31. The average Bonchev–Trinajstić information content (AvgIpc) is 2.99. The first-order valence-corrected chi connectivity index (χ1v) is 13.8. The van der Waals surface area contributed by atoms with Gasteiger partial charge in [-0.25, -0.2) is 9.37 Å². The number of hydrogen-bond donors (Lipinski definition) is 3. The van der Waals surface area contributed by atoms with Gasteiger partial charge in [0, 0.05) is 26.8 Å². The number of amides is 2. The van der Waals surface area contributed by atoms with Crippen LogP contribution in [0.4, 0.5) is 16.0 Å². The Balaban J connectivity index is 1.57. The number of carbonyl (C=O) groups is 2. The molecule has 0 unspecified atom stereocenters. The topological polar surface area (TPSA) is 127 Å². The molecule has 1 aromatic heterocycles. The number of likely N-dealkylation sites (tertiary alicyclic amines) is 1. The molecule has 2 aromatic carbocycles. The van der Waals surface area contributed by atoms with E-state index >= 15 is 4.39 Å². The van der Waals surface area contributed by atoms with Gasteiger partial charge in [-0.15, -0.1) is 0 Å². The van der Waals surface area contributed by atoms with Gasteiger partial charge in [0.05, 0.1) is 42.3 Å². The summed E-state index contributed by atoms with van der Waals surface area (Å²) in [5.41, 5.74) is 1.15. The number of likely N-dealkylation sites (N-methyl/N-ethyl adjacent to an activating group) is 1. The highest BCUT2D eigenvalue weighted by atomic mass is 35.5. The second kappa shape index (κ2) is 13.8. The molecule has 1 aliphatic heterocycles. The highest BCUT2D eigenvalue weighted by Crippen LogP contribution is 2.34. The van der Waals surface area contributed by atoms with E-state index in [2.05, 4.69) is 30.8 Å². The number of carbonyl (C=O) groups excluding carboxylic acids is 2. The van der Waals surface area contributed by atoms with Crippen molar-refractivity contribution in [1.29, 1.82) is 0 Å². The molecule has 13 heteroatoms. The van der Waals surface area contributed by atoms with Crippen molar-refractivity contribution in [1.82, 2.24) is 25.5 Å². The number of nitrogens with one attached hydrogen (secondary N) is 3. The quantitative estimate of drug-likeness (QED) is 0.314. The van der Waals surface area contributed by atoms with Crippen molar-refractivity contribution in [3.63, 3.8) is 0 Å². The molecule has 0 aliphatic carbocycles. The summed E-state index contributed by atoms with van der Waals surface area (Å²) in [6.45, 7) is 3.36. The maximum Gasteiger partial charge on any atom is 0.255 e. The zero-order valence-electron chi connectivity index (χ0n) is 24.1. The Hall–Kier alpha value is -4.00. The van der Waals surface area contributed by atoms with E-state index in [1.807, 2.05) is 20.0 Å². The summed E-state index contributed by atoms with van der Waals surface area (Å²) in [7, 11) is 6.50. The van der Waals surface area contributed by atoms with Gasteiger partial charge in [0.2, 0.25) is 11.8 Å². The molecule has 0 saturated carbocycles. The summed E-state index contributed by atoms with van der Waals surface area (Å²) in [5.74, 6) is -1.21. The lowest BCUT2D eigenvalue weighted by atomic mass is 10.0. The van der Waals surface area contributed by atoms with Crippen LogP contribution in [0.25, 0.3) is 0 Å². The smallest absolute Gasteiger partial charge is 0.255 e. The summed E-state index contributed by atoms with van der Waals surface area (Å²) in [5, 5.41) is 8.50. The minimum atomic E-state index is -0.769. The Morgan fingerprint density at radius 2 is 1.98 bits per heavy atom. The number of nitrogens with zero attached hydrogens (tertiary/aromatic N) is 3. The van der Waals surface area contributed by atoms with Crippen LogP contribution in [0.3, 0.4) is 0 Å². The van der Waals surface area contributed by atoms with Crippen molar-refractivity contribution < 1.29 is 28.2 Å². The van der Waals surface area contributed by atoms with Crippen LogP contribution in [0, 0.1) is 5.82 Å². The van der Waals surface area contributed by atoms with Crippen LogP contribution < -0.4 is 25.4 Å². The highest BCUT2D eigenvalue weighted by Gasteiger charge is 2.30. The van der Waals surface area contributed by atoms with Gasteiger partial charge >= 0.3 is 0 Å². The number of anilines is 2. The maximum absolute atomic E-state index is 15.3. The predicted molar refractivity (Wildman–Crippen MR) is 157 cm³/mol. The molecular formula is C29H34ClFN6O5. The van der Waals surface area contributed by atoms with Gasteiger partial charge < -0.3 is 35.1 Å². The Labute approximate surface area is 248 Å². The SMILES string of the molecule is CCc1cccc(Oc2nc(Nc3cc(F)c(C(=O)N[C@@H]4CCN(C)C[C@@H]4OC)cc3OC)ncc2Cl)c1C(=O)NC. The molecule has 2 atom stereocenters. The van der Waals surface area contributed by atoms with Crippen molar-refractivity contribution in [2.24, 2.45) is 0 Å². The van der Waals surface area contributed by atoms with E-state index in [1.54, 1.807) is 19.2 Å². The van der Waals surface area contributed by atoms with E-state index in [-0.39, 0.29) is 57.7 Å². The van der Waals surface area contributed by atoms with Crippen molar-refractivity contribution >= 4 is 35.1 Å². The molecule has 1 fully saturated rings. The van der Waals surface area contributed by atoms with Gasteiger partial charge in [-0.2, -0.15) is 4.98 Å². The minimum Gasteiger partial charge on any atom is -0.495 e. The van der Waals surface area contributed by atoms with Crippen molar-refractivity contribution in [2.45, 2.75) is 31.9 Å². The first kappa shape index (κ1) is 30.9. The monoisotopic (exact) mass is 600 g/mol. The predicted octanol–water partition coefficient (Wildman–Crippen LogP) is 4.18. The third-order valence-corrected chi connectivity index (χ3v) is 7.29. The molecule has 224 valence electrons. The summed E-state index contributed by atoms with van der Waals surface area (Å²) in [4.78, 5) is 36.2. The van der Waals surface area contributed by atoms with Gasteiger partial charge in [0.1, 0.15) is 22.3 Å². The van der Waals surface area contributed by atoms with Crippen LogP contribution in [0.1, 0.15) is 39.6 Å². The standard InChI is InChI=1S/C29H34ClFN6O5/c1-6-16-8-7-9-22(25(16)27(39)32-2)42-28-18(30)14-33-29(36-28)35-21-13-19(31)17(12-23(21)40-4)26(38)34-20-10-11-37(3)15-24(20)41-5/h7-9,12-14,20,24H,6,10-11,15H2,1-5H3,(H,32,39)(H,34,38)(H,33,35,36)/t20-,24+/m1/s1. The van der Waals surface area contributed by atoms with Crippen LogP contribution in [0.2, 0.25) is 5.02 Å². The molecule has 2 heterocycles. The molecule has 4 rings (SSSR count). The van der Waals surface area contributed by atoms with Crippen LogP contribution in [-0.4, -0.2) is 80.2 Å². The van der Waals surface area contributed by atoms with Crippen LogP contribution in [-0.2, 0) is 11.2 Å². The lowest BCUT2D eigenvalue weighted by Gasteiger charge is -2.36. The van der Waals surface area contributed by atoms with Gasteiger partial charge in [-0.05, 0) is 44.1 Å². The lowest BCUT2D eigenvalue weighted by molar-refractivity contribution is 0.0141. The number of benzene rings is 2. The number of rotatable bonds is 10. The largest absolute Gasteiger partial charge is 0.495 e. The van der Waals surface area contributed by atoms with Crippen molar-refractivity contribution in [3.8, 4) is 17.4 Å². The number of halogens is 2. The summed E-state index contributed by atoms with van der Waals surface area (Å²) < 4.78 is 32.2. The summed E-state index contributed by atoms with van der Waals surface area (Å²) >= 11 is 6.32. The number of ether oxygens (including phenoxy) is 3. The van der Waals surface area contributed by atoms with Crippen LogP contribution >= 0.6 is 11.6 Å². The van der Waals surface area contributed by atoms with E-state index < -0.39 is 11.7 Å². The van der Waals surface area contributed by atoms with Gasteiger partial charge in [-0.3, -0.25) is 9.59 Å². The van der Waals surface area contributed by atoms with Gasteiger partial charge in [0.15, 0.2) is 0 Å². The molecule has 42 heavy (non-hydrogen) atoms. The Bertz CT molecular complexity index is 1460. The third kappa shape index (κ3) is 6.89. The van der Waals surface area contributed by atoms with Crippen molar-refractivity contribution in [3.05, 3.63) is 64.1 Å². The Kier molecular flexibility index (Phi) is 10.2. The maximum atomic E-state index is 15.3. The fraction of sp³-hybridized carbons (Fsp3) is 0.379. The van der Waals surface area contributed by atoms with E-state index in [1.165, 1.54) is 26.4 Å². The van der Waals surface area contributed by atoms with Crippen LogP contribution in [0.5, 0.6) is 17.4 Å². The number of piperidine rings is 1. The number of hydrogen-bond acceptors (Lipinski definition) is 9.